The highest BCUT2D eigenvalue weighted by Crippen LogP contribution is 2.33. The fourth-order valence-corrected chi connectivity index (χ4v) is 2.62. The fraction of sp³-hybridized carbons (Fsp3) is 0.667. The van der Waals surface area contributed by atoms with Gasteiger partial charge in [0, 0.05) is 17.8 Å². The highest BCUT2D eigenvalue weighted by Gasteiger charge is 2.18. The molecule has 88 valence electrons. The predicted molar refractivity (Wildman–Crippen MR) is 68.6 cm³/mol. The van der Waals surface area contributed by atoms with Crippen LogP contribution < -0.4 is 0 Å². The molecule has 0 aliphatic heterocycles. The first-order valence-electron chi connectivity index (χ1n) is 6.49. The summed E-state index contributed by atoms with van der Waals surface area (Å²) >= 11 is 0. The molecule has 1 aliphatic carbocycles. The maximum atomic E-state index is 4.64. The molecule has 0 N–H and O–H groups in total. The van der Waals surface area contributed by atoms with Crippen molar-refractivity contribution in [2.24, 2.45) is 5.41 Å². The summed E-state index contributed by atoms with van der Waals surface area (Å²) in [5, 5.41) is 0. The summed E-state index contributed by atoms with van der Waals surface area (Å²) in [6, 6.07) is 4.52. The Bertz CT molecular complexity index is 325. The van der Waals surface area contributed by atoms with Crippen LogP contribution >= 0.6 is 0 Å². The lowest BCUT2D eigenvalue weighted by molar-refractivity contribution is 0.410. The Hall–Kier alpha value is -0.850. The van der Waals surface area contributed by atoms with Crippen LogP contribution in [0.15, 0.2) is 18.3 Å². The van der Waals surface area contributed by atoms with Gasteiger partial charge in [-0.15, -0.1) is 0 Å². The third kappa shape index (κ3) is 3.07. The number of hydrogen-bond acceptors (Lipinski definition) is 1. The Morgan fingerprint density at radius 2 is 1.88 bits per heavy atom. The quantitative estimate of drug-likeness (QED) is 0.718. The first-order chi connectivity index (χ1) is 7.54. The van der Waals surface area contributed by atoms with Gasteiger partial charge >= 0.3 is 0 Å². The smallest absolute Gasteiger partial charge is 0.0434 e. The topological polar surface area (TPSA) is 12.9 Å². The molecular weight excluding hydrogens is 194 g/mol. The summed E-state index contributed by atoms with van der Waals surface area (Å²) in [6.07, 6.45) is 8.65. The van der Waals surface area contributed by atoms with Crippen molar-refractivity contribution < 1.29 is 0 Å². The maximum Gasteiger partial charge on any atom is 0.0434 e. The summed E-state index contributed by atoms with van der Waals surface area (Å²) in [5.74, 6) is 0.740. The summed E-state index contributed by atoms with van der Waals surface area (Å²) in [6.45, 7) is 6.83. The minimum Gasteiger partial charge on any atom is -0.261 e. The summed E-state index contributed by atoms with van der Waals surface area (Å²) in [5.41, 5.74) is 3.04. The molecule has 2 rings (SSSR count). The molecule has 1 aliphatic rings. The van der Waals surface area contributed by atoms with Crippen LogP contribution in [0.2, 0.25) is 0 Å². The molecule has 0 atom stereocenters. The standard InChI is InChI=1S/C15H23N/c1-15(2,3)10-12-8-9-14(16-11-12)13-6-4-5-7-13/h8-9,11,13H,4-7,10H2,1-3H3. The number of rotatable bonds is 2. The minimum absolute atomic E-state index is 0.358. The first-order valence-corrected chi connectivity index (χ1v) is 6.49. The highest BCUT2D eigenvalue weighted by atomic mass is 14.7. The van der Waals surface area contributed by atoms with E-state index in [1.807, 2.05) is 0 Å². The molecule has 16 heavy (non-hydrogen) atoms. The highest BCUT2D eigenvalue weighted by molar-refractivity contribution is 5.18. The van der Waals surface area contributed by atoms with Gasteiger partial charge < -0.3 is 0 Å². The van der Waals surface area contributed by atoms with Gasteiger partial charge in [0.25, 0.3) is 0 Å². The summed E-state index contributed by atoms with van der Waals surface area (Å²) in [4.78, 5) is 4.64. The lowest BCUT2D eigenvalue weighted by Crippen LogP contribution is -2.09. The fourth-order valence-electron chi connectivity index (χ4n) is 2.62. The van der Waals surface area contributed by atoms with E-state index in [1.54, 1.807) is 0 Å². The van der Waals surface area contributed by atoms with E-state index < -0.39 is 0 Å². The minimum atomic E-state index is 0.358. The average molecular weight is 217 g/mol. The molecule has 0 amide bonds. The third-order valence-corrected chi connectivity index (χ3v) is 3.36. The van der Waals surface area contributed by atoms with Crippen molar-refractivity contribution in [3.05, 3.63) is 29.6 Å². The predicted octanol–water partition coefficient (Wildman–Crippen LogP) is 4.33. The second-order valence-corrected chi connectivity index (χ2v) is 6.31. The van der Waals surface area contributed by atoms with Gasteiger partial charge in [0.05, 0.1) is 0 Å². The van der Waals surface area contributed by atoms with E-state index in [0.717, 1.165) is 12.3 Å². The maximum absolute atomic E-state index is 4.64. The average Bonchev–Trinajstić information content (AvgIpc) is 2.69. The molecule has 0 aromatic carbocycles. The van der Waals surface area contributed by atoms with Crippen molar-refractivity contribution in [1.82, 2.24) is 4.98 Å². The number of aromatic nitrogens is 1. The van der Waals surface area contributed by atoms with E-state index in [-0.39, 0.29) is 0 Å². The van der Waals surface area contributed by atoms with Gasteiger partial charge in [-0.3, -0.25) is 4.98 Å². The van der Waals surface area contributed by atoms with E-state index in [9.17, 15) is 0 Å². The van der Waals surface area contributed by atoms with Crippen molar-refractivity contribution in [3.63, 3.8) is 0 Å². The van der Waals surface area contributed by atoms with Crippen LogP contribution in [0, 0.1) is 5.41 Å². The van der Waals surface area contributed by atoms with Crippen molar-refractivity contribution in [3.8, 4) is 0 Å². The van der Waals surface area contributed by atoms with Gasteiger partial charge in [0.15, 0.2) is 0 Å². The Kier molecular flexibility index (Phi) is 3.32. The molecule has 1 fully saturated rings. The van der Waals surface area contributed by atoms with Gasteiger partial charge in [-0.2, -0.15) is 0 Å². The van der Waals surface area contributed by atoms with Gasteiger partial charge in [-0.05, 0) is 36.3 Å². The third-order valence-electron chi connectivity index (χ3n) is 3.36. The Morgan fingerprint density at radius 3 is 2.38 bits per heavy atom. The second kappa shape index (κ2) is 4.57. The zero-order chi connectivity index (χ0) is 11.6. The van der Waals surface area contributed by atoms with Crippen LogP contribution in [0.5, 0.6) is 0 Å². The van der Waals surface area contributed by atoms with Gasteiger partial charge in [-0.25, -0.2) is 0 Å². The van der Waals surface area contributed by atoms with Gasteiger partial charge in [0.1, 0.15) is 0 Å². The molecule has 1 heteroatoms. The molecule has 1 heterocycles. The molecule has 0 saturated heterocycles. The molecule has 0 bridgehead atoms. The molecule has 1 aromatic rings. The van der Waals surface area contributed by atoms with Crippen LogP contribution in [0.1, 0.15) is 63.6 Å². The molecule has 0 radical (unpaired) electrons. The van der Waals surface area contributed by atoms with Crippen molar-refractivity contribution >= 4 is 0 Å². The number of hydrogen-bond donors (Lipinski definition) is 0. The van der Waals surface area contributed by atoms with Crippen molar-refractivity contribution in [2.45, 2.75) is 58.8 Å². The van der Waals surface area contributed by atoms with Crippen LogP contribution in [-0.4, -0.2) is 4.98 Å². The van der Waals surface area contributed by atoms with Crippen LogP contribution in [-0.2, 0) is 6.42 Å². The van der Waals surface area contributed by atoms with Crippen LogP contribution in [0.25, 0.3) is 0 Å². The largest absolute Gasteiger partial charge is 0.261 e. The van der Waals surface area contributed by atoms with Crippen molar-refractivity contribution in [2.75, 3.05) is 0 Å². The zero-order valence-corrected chi connectivity index (χ0v) is 10.8. The first kappa shape index (κ1) is 11.6. The van der Waals surface area contributed by atoms with E-state index in [1.165, 1.54) is 36.9 Å². The Morgan fingerprint density at radius 1 is 1.19 bits per heavy atom. The number of nitrogens with zero attached hydrogens (tertiary/aromatic N) is 1. The van der Waals surface area contributed by atoms with E-state index in [2.05, 4.69) is 44.1 Å². The summed E-state index contributed by atoms with van der Waals surface area (Å²) in [7, 11) is 0. The van der Waals surface area contributed by atoms with E-state index in [4.69, 9.17) is 0 Å². The van der Waals surface area contributed by atoms with Crippen LogP contribution in [0.4, 0.5) is 0 Å². The normalized spacial score (nSPS) is 17.9. The Balaban J connectivity index is 2.04. The lowest BCUT2D eigenvalue weighted by atomic mass is 9.88. The molecule has 1 aromatic heterocycles. The molecular formula is C15H23N. The van der Waals surface area contributed by atoms with Gasteiger partial charge in [-0.1, -0.05) is 39.7 Å². The molecule has 1 nitrogen and oxygen atoms in total. The summed E-state index contributed by atoms with van der Waals surface area (Å²) < 4.78 is 0. The SMILES string of the molecule is CC(C)(C)Cc1ccc(C2CCCC2)nc1. The van der Waals surface area contributed by atoms with Gasteiger partial charge in [0.2, 0.25) is 0 Å². The number of pyridine rings is 1. The van der Waals surface area contributed by atoms with E-state index in [0.29, 0.717) is 5.41 Å². The second-order valence-electron chi connectivity index (χ2n) is 6.31. The Labute approximate surface area is 99.3 Å². The lowest BCUT2D eigenvalue weighted by Gasteiger charge is -2.18. The van der Waals surface area contributed by atoms with E-state index >= 15 is 0 Å². The molecule has 0 spiro atoms. The molecule has 0 unspecified atom stereocenters. The zero-order valence-electron chi connectivity index (χ0n) is 10.8. The van der Waals surface area contributed by atoms with Crippen LogP contribution in [0.3, 0.4) is 0 Å². The van der Waals surface area contributed by atoms with Crippen molar-refractivity contribution in [1.29, 1.82) is 0 Å². The molecule has 1 saturated carbocycles. The monoisotopic (exact) mass is 217 g/mol.